The second-order valence-corrected chi connectivity index (χ2v) is 5.01. The van der Waals surface area contributed by atoms with Gasteiger partial charge in [-0.1, -0.05) is 31.2 Å². The number of hydrogen-bond donors (Lipinski definition) is 1. The van der Waals surface area contributed by atoms with Gasteiger partial charge < -0.3 is 4.98 Å². The van der Waals surface area contributed by atoms with E-state index in [0.717, 1.165) is 12.0 Å². The first-order valence-corrected chi connectivity index (χ1v) is 7.06. The number of fused-ring (bicyclic) bond motifs is 1. The molecule has 1 N–H and O–H groups in total. The zero-order chi connectivity index (χ0) is 15.5. The predicted octanol–water partition coefficient (Wildman–Crippen LogP) is 4.33. The van der Waals surface area contributed by atoms with Gasteiger partial charge in [-0.3, -0.25) is 0 Å². The van der Waals surface area contributed by atoms with E-state index in [1.807, 2.05) is 24.3 Å². The summed E-state index contributed by atoms with van der Waals surface area (Å²) in [7, 11) is 0. The lowest BCUT2D eigenvalue weighted by Gasteiger charge is -1.98. The number of hydrogen-bond acceptors (Lipinski definition) is 2. The summed E-state index contributed by atoms with van der Waals surface area (Å²) < 4.78 is 13.2. The van der Waals surface area contributed by atoms with Crippen LogP contribution in [0.15, 0.2) is 42.5 Å². The van der Waals surface area contributed by atoms with Gasteiger partial charge in [0.1, 0.15) is 17.7 Å². The minimum atomic E-state index is -0.333. The van der Waals surface area contributed by atoms with Crippen LogP contribution in [0.1, 0.15) is 23.9 Å². The number of nitrogens with zero attached hydrogens (tertiary/aromatic N) is 2. The molecule has 3 nitrogen and oxygen atoms in total. The predicted molar refractivity (Wildman–Crippen MR) is 85.4 cm³/mol. The molecule has 0 saturated carbocycles. The Morgan fingerprint density at radius 3 is 2.73 bits per heavy atom. The maximum absolute atomic E-state index is 13.2. The summed E-state index contributed by atoms with van der Waals surface area (Å²) in [6, 6.07) is 14.5. The third-order valence-corrected chi connectivity index (χ3v) is 3.52. The van der Waals surface area contributed by atoms with Gasteiger partial charge in [-0.2, -0.15) is 5.26 Å². The number of H-pyrrole nitrogens is 1. The third-order valence-electron chi connectivity index (χ3n) is 3.52. The van der Waals surface area contributed by atoms with Gasteiger partial charge in [-0.25, -0.2) is 9.37 Å². The number of allylic oxidation sites excluding steroid dienone is 1. The number of aromatic amines is 1. The second-order valence-electron chi connectivity index (χ2n) is 5.01. The van der Waals surface area contributed by atoms with Gasteiger partial charge in [0, 0.05) is 0 Å². The summed E-state index contributed by atoms with van der Waals surface area (Å²) in [5.41, 5.74) is 3.81. The van der Waals surface area contributed by atoms with Crippen LogP contribution in [0.25, 0.3) is 22.7 Å². The molecule has 0 aliphatic heterocycles. The molecule has 22 heavy (non-hydrogen) atoms. The summed E-state index contributed by atoms with van der Waals surface area (Å²) in [6.45, 7) is 2.10. The van der Waals surface area contributed by atoms with Crippen molar-refractivity contribution in [3.05, 3.63) is 65.2 Å². The summed E-state index contributed by atoms with van der Waals surface area (Å²) in [5.74, 6) is 0.114. The van der Waals surface area contributed by atoms with Crippen LogP contribution in [-0.4, -0.2) is 9.97 Å². The molecule has 1 aromatic heterocycles. The van der Waals surface area contributed by atoms with Gasteiger partial charge in [0.2, 0.25) is 0 Å². The highest BCUT2D eigenvalue weighted by Gasteiger charge is 2.08. The molecule has 0 amide bonds. The lowest BCUT2D eigenvalue weighted by molar-refractivity contribution is 0.629. The zero-order valence-electron chi connectivity index (χ0n) is 12.1. The maximum atomic E-state index is 13.2. The number of nitrogens with one attached hydrogen (secondary N) is 1. The molecule has 108 valence electrons. The van der Waals surface area contributed by atoms with E-state index < -0.39 is 0 Å². The SMILES string of the molecule is CCc1ccc(/C=C(/C#N)c2nc3ccc(F)cc3[nH]2)cc1. The van der Waals surface area contributed by atoms with Gasteiger partial charge in [0.05, 0.1) is 16.6 Å². The molecular weight excluding hydrogens is 277 g/mol. The first kappa shape index (κ1) is 14.0. The Bertz CT molecular complexity index is 883. The molecule has 0 bridgehead atoms. The van der Waals surface area contributed by atoms with E-state index >= 15 is 0 Å². The topological polar surface area (TPSA) is 52.5 Å². The van der Waals surface area contributed by atoms with Crippen molar-refractivity contribution < 1.29 is 4.39 Å². The monoisotopic (exact) mass is 291 g/mol. The van der Waals surface area contributed by atoms with Crippen molar-refractivity contribution in [2.24, 2.45) is 0 Å². The highest BCUT2D eigenvalue weighted by Crippen LogP contribution is 2.20. The quantitative estimate of drug-likeness (QED) is 0.730. The Morgan fingerprint density at radius 1 is 1.27 bits per heavy atom. The number of nitriles is 1. The smallest absolute Gasteiger partial charge is 0.149 e. The van der Waals surface area contributed by atoms with Gasteiger partial charge in [0.15, 0.2) is 0 Å². The number of aryl methyl sites for hydroxylation is 1. The molecule has 3 rings (SSSR count). The summed E-state index contributed by atoms with van der Waals surface area (Å²) in [4.78, 5) is 7.33. The Balaban J connectivity index is 2.01. The number of rotatable bonds is 3. The van der Waals surface area contributed by atoms with Crippen LogP contribution in [0.4, 0.5) is 4.39 Å². The summed E-state index contributed by atoms with van der Waals surface area (Å²) >= 11 is 0. The van der Waals surface area contributed by atoms with Crippen molar-refractivity contribution in [1.29, 1.82) is 5.26 Å². The average molecular weight is 291 g/mol. The van der Waals surface area contributed by atoms with E-state index in [9.17, 15) is 9.65 Å². The Morgan fingerprint density at radius 2 is 2.05 bits per heavy atom. The lowest BCUT2D eigenvalue weighted by Crippen LogP contribution is -1.85. The summed E-state index contributed by atoms with van der Waals surface area (Å²) in [6.07, 6.45) is 2.75. The van der Waals surface area contributed by atoms with Crippen LogP contribution >= 0.6 is 0 Å². The van der Waals surface area contributed by atoms with Gasteiger partial charge in [-0.05, 0) is 41.8 Å². The molecule has 0 saturated heterocycles. The van der Waals surface area contributed by atoms with Crippen LogP contribution < -0.4 is 0 Å². The number of aromatic nitrogens is 2. The standard InChI is InChI=1S/C18H14FN3/c1-2-12-3-5-13(6-4-12)9-14(11-20)18-21-16-8-7-15(19)10-17(16)22-18/h3-10H,2H2,1H3,(H,21,22)/b14-9-. The Hall–Kier alpha value is -2.93. The van der Waals surface area contributed by atoms with Gasteiger partial charge in [0.25, 0.3) is 0 Å². The van der Waals surface area contributed by atoms with Crippen molar-refractivity contribution in [3.63, 3.8) is 0 Å². The fourth-order valence-corrected chi connectivity index (χ4v) is 2.28. The molecular formula is C18H14FN3. The van der Waals surface area contributed by atoms with Crippen LogP contribution in [0.3, 0.4) is 0 Å². The van der Waals surface area contributed by atoms with Crippen LogP contribution in [-0.2, 0) is 6.42 Å². The fourth-order valence-electron chi connectivity index (χ4n) is 2.28. The van der Waals surface area contributed by atoms with E-state index in [0.29, 0.717) is 22.4 Å². The molecule has 0 aliphatic rings. The van der Waals surface area contributed by atoms with Crippen LogP contribution in [0.2, 0.25) is 0 Å². The van der Waals surface area contributed by atoms with Gasteiger partial charge in [-0.15, -0.1) is 0 Å². The molecule has 0 fully saturated rings. The molecule has 0 aliphatic carbocycles. The van der Waals surface area contributed by atoms with Crippen LogP contribution in [0.5, 0.6) is 0 Å². The highest BCUT2D eigenvalue weighted by atomic mass is 19.1. The molecule has 2 aromatic carbocycles. The molecule has 3 aromatic rings. The zero-order valence-corrected chi connectivity index (χ0v) is 12.1. The molecule has 0 spiro atoms. The number of halogens is 1. The Kier molecular flexibility index (Phi) is 3.71. The first-order valence-electron chi connectivity index (χ1n) is 7.06. The molecule has 0 atom stereocenters. The van der Waals surface area contributed by atoms with E-state index in [4.69, 9.17) is 0 Å². The number of imidazole rings is 1. The van der Waals surface area contributed by atoms with Gasteiger partial charge >= 0.3 is 0 Å². The van der Waals surface area contributed by atoms with E-state index in [2.05, 4.69) is 23.0 Å². The lowest BCUT2D eigenvalue weighted by atomic mass is 10.1. The largest absolute Gasteiger partial charge is 0.337 e. The van der Waals surface area contributed by atoms with E-state index in [1.165, 1.54) is 17.7 Å². The second kappa shape index (κ2) is 5.82. The molecule has 4 heteroatoms. The molecule has 1 heterocycles. The van der Waals surface area contributed by atoms with Crippen molar-refractivity contribution in [2.75, 3.05) is 0 Å². The maximum Gasteiger partial charge on any atom is 0.149 e. The van der Waals surface area contributed by atoms with Crippen molar-refractivity contribution in [1.82, 2.24) is 9.97 Å². The van der Waals surface area contributed by atoms with Crippen molar-refractivity contribution >= 4 is 22.7 Å². The van der Waals surface area contributed by atoms with E-state index in [1.54, 1.807) is 12.1 Å². The summed E-state index contributed by atoms with van der Waals surface area (Å²) in [5, 5.41) is 9.37. The average Bonchev–Trinajstić information content (AvgIpc) is 2.96. The number of benzene rings is 2. The normalized spacial score (nSPS) is 11.6. The fraction of sp³-hybridized carbons (Fsp3) is 0.111. The first-order chi connectivity index (χ1) is 10.7. The Labute approximate surface area is 127 Å². The highest BCUT2D eigenvalue weighted by molar-refractivity contribution is 5.90. The van der Waals surface area contributed by atoms with Crippen molar-refractivity contribution in [2.45, 2.75) is 13.3 Å². The van der Waals surface area contributed by atoms with Crippen molar-refractivity contribution in [3.8, 4) is 6.07 Å². The third kappa shape index (κ3) is 2.75. The van der Waals surface area contributed by atoms with E-state index in [-0.39, 0.29) is 5.82 Å². The molecule has 0 radical (unpaired) electrons. The minimum Gasteiger partial charge on any atom is -0.337 e. The minimum absolute atomic E-state index is 0.333. The van der Waals surface area contributed by atoms with Crippen LogP contribution in [0, 0.1) is 17.1 Å². The molecule has 0 unspecified atom stereocenters.